The van der Waals surface area contributed by atoms with Crippen molar-refractivity contribution >= 4 is 16.6 Å². The van der Waals surface area contributed by atoms with Crippen molar-refractivity contribution in [2.24, 2.45) is 0 Å². The van der Waals surface area contributed by atoms with Crippen LogP contribution in [0.1, 0.15) is 0 Å². The Kier molecular flexibility index (Phi) is 3.60. The lowest BCUT2D eigenvalue weighted by molar-refractivity contribution is 0.483. The molecule has 0 aliphatic rings. The van der Waals surface area contributed by atoms with Gasteiger partial charge in [-0.2, -0.15) is 0 Å². The summed E-state index contributed by atoms with van der Waals surface area (Å²) < 4.78 is 5.99. The molecular formula is C21H15N2O. The molecule has 0 saturated carbocycles. The molecule has 0 bridgehead atoms. The second-order valence-electron chi connectivity index (χ2n) is 5.43. The van der Waals surface area contributed by atoms with Crippen LogP contribution in [0.4, 0.5) is 5.69 Å². The topological polar surface area (TPSA) is 48.1 Å². The number of para-hydroxylation sites is 3. The maximum atomic E-state index is 6.40. The second kappa shape index (κ2) is 6.05. The highest BCUT2D eigenvalue weighted by Gasteiger charge is 2.13. The largest absolute Gasteiger partial charge is 0.456 e. The fourth-order valence-corrected chi connectivity index (χ4v) is 2.70. The highest BCUT2D eigenvalue weighted by Crippen LogP contribution is 2.37. The van der Waals surface area contributed by atoms with Crippen molar-refractivity contribution in [1.82, 2.24) is 4.98 Å². The van der Waals surface area contributed by atoms with Gasteiger partial charge in [0.05, 0.1) is 11.2 Å². The van der Waals surface area contributed by atoms with Crippen LogP contribution in [0.2, 0.25) is 0 Å². The van der Waals surface area contributed by atoms with Crippen molar-refractivity contribution in [3.05, 3.63) is 85.1 Å². The van der Waals surface area contributed by atoms with Gasteiger partial charge in [0.15, 0.2) is 0 Å². The van der Waals surface area contributed by atoms with Crippen LogP contribution in [-0.2, 0) is 0 Å². The fourth-order valence-electron chi connectivity index (χ4n) is 2.70. The molecule has 1 radical (unpaired) electrons. The van der Waals surface area contributed by atoms with Gasteiger partial charge in [0.1, 0.15) is 11.5 Å². The third kappa shape index (κ3) is 2.57. The number of benzene rings is 3. The third-order valence-electron chi connectivity index (χ3n) is 3.89. The minimum atomic E-state index is 0.632. The van der Waals surface area contributed by atoms with E-state index in [0.29, 0.717) is 11.4 Å². The van der Waals surface area contributed by atoms with Gasteiger partial charge in [0.2, 0.25) is 0 Å². The molecule has 1 heterocycles. The Morgan fingerprint density at radius 3 is 2.50 bits per heavy atom. The predicted octanol–water partition coefficient (Wildman–Crippen LogP) is 5.08. The molecule has 4 rings (SSSR count). The summed E-state index contributed by atoms with van der Waals surface area (Å²) in [7, 11) is 0. The summed E-state index contributed by atoms with van der Waals surface area (Å²) in [6.45, 7) is 0. The highest BCUT2D eigenvalue weighted by molar-refractivity contribution is 5.98. The van der Waals surface area contributed by atoms with Crippen LogP contribution in [0, 0.1) is 6.07 Å². The van der Waals surface area contributed by atoms with E-state index >= 15 is 0 Å². The average Bonchev–Trinajstić information content (AvgIpc) is 2.64. The number of aromatic nitrogens is 1. The number of hydrogen-bond acceptors (Lipinski definition) is 3. The number of nitrogens with zero attached hydrogens (tertiary/aromatic N) is 1. The Bertz CT molecular complexity index is 997. The zero-order valence-electron chi connectivity index (χ0n) is 12.9. The van der Waals surface area contributed by atoms with E-state index in [0.717, 1.165) is 27.8 Å². The average molecular weight is 311 g/mol. The number of nitrogens with two attached hydrogens (primary N) is 1. The Morgan fingerprint density at radius 2 is 1.62 bits per heavy atom. The van der Waals surface area contributed by atoms with E-state index in [2.05, 4.69) is 11.1 Å². The van der Waals surface area contributed by atoms with Crippen LogP contribution in [-0.4, -0.2) is 4.98 Å². The SMILES string of the molecule is Nc1c(-c2ccc[c]c2Oc2ccccc2)cnc2ccccc12. The minimum Gasteiger partial charge on any atom is -0.456 e. The molecular weight excluding hydrogens is 296 g/mol. The van der Waals surface area contributed by atoms with Gasteiger partial charge in [-0.3, -0.25) is 4.98 Å². The molecule has 115 valence electrons. The van der Waals surface area contributed by atoms with Crippen molar-refractivity contribution in [3.8, 4) is 22.6 Å². The number of anilines is 1. The van der Waals surface area contributed by atoms with Gasteiger partial charge in [-0.25, -0.2) is 0 Å². The number of rotatable bonds is 3. The van der Waals surface area contributed by atoms with Crippen molar-refractivity contribution in [2.75, 3.05) is 5.73 Å². The van der Waals surface area contributed by atoms with Crippen LogP contribution in [0.5, 0.6) is 11.5 Å². The normalized spacial score (nSPS) is 10.7. The Labute approximate surface area is 140 Å². The molecule has 3 nitrogen and oxygen atoms in total. The summed E-state index contributed by atoms with van der Waals surface area (Å²) in [6, 6.07) is 26.4. The van der Waals surface area contributed by atoms with E-state index < -0.39 is 0 Å². The first-order valence-corrected chi connectivity index (χ1v) is 7.70. The standard InChI is InChI=1S/C21H15N2O/c22-21-17-11-4-6-12-19(17)23-14-18(21)16-10-5-7-13-20(16)24-15-8-2-1-3-9-15/h1-12,14H,(H2,22,23). The zero-order chi connectivity index (χ0) is 16.4. The number of ether oxygens (including phenoxy) is 1. The number of nitrogen functional groups attached to an aromatic ring is 1. The molecule has 0 saturated heterocycles. The van der Waals surface area contributed by atoms with Gasteiger partial charge in [0, 0.05) is 28.8 Å². The quantitative estimate of drug-likeness (QED) is 0.574. The van der Waals surface area contributed by atoms with Gasteiger partial charge >= 0.3 is 0 Å². The number of fused-ring (bicyclic) bond motifs is 1. The van der Waals surface area contributed by atoms with Crippen molar-refractivity contribution in [2.45, 2.75) is 0 Å². The lowest BCUT2D eigenvalue weighted by Crippen LogP contribution is -1.96. The van der Waals surface area contributed by atoms with E-state index in [9.17, 15) is 0 Å². The first-order valence-electron chi connectivity index (χ1n) is 7.70. The third-order valence-corrected chi connectivity index (χ3v) is 3.89. The summed E-state index contributed by atoms with van der Waals surface area (Å²) in [5.74, 6) is 1.39. The van der Waals surface area contributed by atoms with E-state index in [1.54, 1.807) is 6.20 Å². The Balaban J connectivity index is 1.84. The second-order valence-corrected chi connectivity index (χ2v) is 5.43. The fraction of sp³-hybridized carbons (Fsp3) is 0. The Morgan fingerprint density at radius 1 is 0.833 bits per heavy atom. The number of hydrogen-bond donors (Lipinski definition) is 1. The maximum Gasteiger partial charge on any atom is 0.143 e. The highest BCUT2D eigenvalue weighted by atomic mass is 16.5. The molecule has 0 spiro atoms. The van der Waals surface area contributed by atoms with Crippen LogP contribution in [0.15, 0.2) is 79.0 Å². The molecule has 3 heteroatoms. The summed E-state index contributed by atoms with van der Waals surface area (Å²) in [4.78, 5) is 4.52. The molecule has 1 aromatic heterocycles. The Hall–Kier alpha value is -3.33. The van der Waals surface area contributed by atoms with Gasteiger partial charge < -0.3 is 10.5 Å². The maximum absolute atomic E-state index is 6.40. The first-order chi connectivity index (χ1) is 11.8. The molecule has 4 aromatic rings. The van der Waals surface area contributed by atoms with E-state index in [1.165, 1.54) is 0 Å². The van der Waals surface area contributed by atoms with Gasteiger partial charge in [-0.15, -0.1) is 0 Å². The molecule has 0 amide bonds. The summed E-state index contributed by atoms with van der Waals surface area (Å²) in [6.07, 6.45) is 1.79. The minimum absolute atomic E-state index is 0.632. The van der Waals surface area contributed by atoms with E-state index in [4.69, 9.17) is 10.5 Å². The smallest absolute Gasteiger partial charge is 0.143 e. The van der Waals surface area contributed by atoms with Crippen LogP contribution < -0.4 is 10.5 Å². The molecule has 0 aliphatic heterocycles. The molecule has 0 atom stereocenters. The molecule has 2 N–H and O–H groups in total. The lowest BCUT2D eigenvalue weighted by Gasteiger charge is -2.13. The zero-order valence-corrected chi connectivity index (χ0v) is 12.9. The van der Waals surface area contributed by atoms with E-state index in [1.807, 2.05) is 72.8 Å². The monoisotopic (exact) mass is 311 g/mol. The molecule has 0 unspecified atom stereocenters. The van der Waals surface area contributed by atoms with Crippen molar-refractivity contribution < 1.29 is 4.74 Å². The van der Waals surface area contributed by atoms with Crippen LogP contribution in [0.25, 0.3) is 22.0 Å². The van der Waals surface area contributed by atoms with Crippen LogP contribution >= 0.6 is 0 Å². The molecule has 24 heavy (non-hydrogen) atoms. The number of pyridine rings is 1. The predicted molar refractivity (Wildman–Crippen MR) is 96.9 cm³/mol. The lowest BCUT2D eigenvalue weighted by atomic mass is 10.0. The molecule has 0 fully saturated rings. The first kappa shape index (κ1) is 14.3. The summed E-state index contributed by atoms with van der Waals surface area (Å²) >= 11 is 0. The van der Waals surface area contributed by atoms with Gasteiger partial charge in [-0.1, -0.05) is 54.6 Å². The van der Waals surface area contributed by atoms with Gasteiger partial charge in [0.25, 0.3) is 0 Å². The molecule has 3 aromatic carbocycles. The summed E-state index contributed by atoms with van der Waals surface area (Å²) in [5, 5.41) is 0.935. The van der Waals surface area contributed by atoms with Crippen molar-refractivity contribution in [1.29, 1.82) is 0 Å². The van der Waals surface area contributed by atoms with E-state index in [-0.39, 0.29) is 0 Å². The molecule has 0 aliphatic carbocycles. The van der Waals surface area contributed by atoms with Crippen LogP contribution in [0.3, 0.4) is 0 Å². The van der Waals surface area contributed by atoms with Crippen molar-refractivity contribution in [3.63, 3.8) is 0 Å². The summed E-state index contributed by atoms with van der Waals surface area (Å²) in [5.41, 5.74) is 9.69. The van der Waals surface area contributed by atoms with Gasteiger partial charge in [-0.05, 0) is 18.2 Å².